The summed E-state index contributed by atoms with van der Waals surface area (Å²) in [5.41, 5.74) is 2.13. The molecular formula is C23H26ClN3O. The van der Waals surface area contributed by atoms with Crippen LogP contribution in [-0.4, -0.2) is 34.3 Å². The van der Waals surface area contributed by atoms with Crippen LogP contribution in [0, 0.1) is 0 Å². The highest BCUT2D eigenvalue weighted by Gasteiger charge is 2.21. The molecule has 0 aliphatic carbocycles. The Kier molecular flexibility index (Phi) is 5.79. The third kappa shape index (κ3) is 3.98. The first-order valence-corrected chi connectivity index (χ1v) is 10.5. The van der Waals surface area contributed by atoms with Crippen molar-refractivity contribution < 1.29 is 0 Å². The van der Waals surface area contributed by atoms with E-state index in [-0.39, 0.29) is 11.6 Å². The van der Waals surface area contributed by atoms with E-state index >= 15 is 0 Å². The first-order chi connectivity index (χ1) is 13.7. The molecule has 1 atom stereocenters. The van der Waals surface area contributed by atoms with Crippen molar-refractivity contribution >= 4 is 22.4 Å². The van der Waals surface area contributed by atoms with Crippen LogP contribution in [0.5, 0.6) is 0 Å². The topological polar surface area (TPSA) is 38.1 Å². The minimum atomic E-state index is 0.0328. The summed E-state index contributed by atoms with van der Waals surface area (Å²) in [6.45, 7) is 5.39. The van der Waals surface area contributed by atoms with Crippen molar-refractivity contribution in [1.82, 2.24) is 14.7 Å². The number of hydrogen-bond donors (Lipinski definition) is 0. The Balaban J connectivity index is 1.75. The van der Waals surface area contributed by atoms with Gasteiger partial charge in [0.25, 0.3) is 5.56 Å². The van der Waals surface area contributed by atoms with E-state index in [9.17, 15) is 4.79 Å². The number of fused-ring (bicyclic) bond motifs is 1. The van der Waals surface area contributed by atoms with Crippen molar-refractivity contribution in [1.29, 1.82) is 0 Å². The molecule has 1 unspecified atom stereocenters. The molecule has 28 heavy (non-hydrogen) atoms. The third-order valence-corrected chi connectivity index (χ3v) is 6.03. The van der Waals surface area contributed by atoms with Crippen LogP contribution in [0.2, 0.25) is 5.02 Å². The molecule has 5 heteroatoms. The van der Waals surface area contributed by atoms with Crippen molar-refractivity contribution in [3.63, 3.8) is 0 Å². The number of halogens is 1. The summed E-state index contributed by atoms with van der Waals surface area (Å²) in [4.78, 5) is 15.7. The quantitative estimate of drug-likeness (QED) is 0.643. The number of benzene rings is 2. The van der Waals surface area contributed by atoms with E-state index in [2.05, 4.69) is 11.8 Å². The number of rotatable bonds is 4. The van der Waals surface area contributed by atoms with Crippen molar-refractivity contribution in [2.45, 2.75) is 38.6 Å². The largest absolute Gasteiger partial charge is 0.304 e. The fraction of sp³-hybridized carbons (Fsp3) is 0.391. The second-order valence-corrected chi connectivity index (χ2v) is 8.00. The van der Waals surface area contributed by atoms with Gasteiger partial charge in [0.15, 0.2) is 0 Å². The molecule has 0 saturated carbocycles. The van der Waals surface area contributed by atoms with Crippen molar-refractivity contribution in [2.75, 3.05) is 19.6 Å². The molecule has 4 nitrogen and oxygen atoms in total. The lowest BCUT2D eigenvalue weighted by Gasteiger charge is -2.20. The molecule has 4 rings (SSSR count). The van der Waals surface area contributed by atoms with E-state index in [1.54, 1.807) is 4.68 Å². The van der Waals surface area contributed by atoms with Gasteiger partial charge in [-0.25, -0.2) is 4.68 Å². The van der Waals surface area contributed by atoms with Gasteiger partial charge in [-0.3, -0.25) is 4.79 Å². The maximum absolute atomic E-state index is 13.2. The average molecular weight is 396 g/mol. The minimum absolute atomic E-state index is 0.0328. The van der Waals surface area contributed by atoms with E-state index in [0.717, 1.165) is 65.9 Å². The molecule has 1 aliphatic heterocycles. The molecular weight excluding hydrogens is 370 g/mol. The number of aromatic nitrogens is 2. The van der Waals surface area contributed by atoms with Gasteiger partial charge in [0.1, 0.15) is 0 Å². The molecule has 2 aromatic carbocycles. The van der Waals surface area contributed by atoms with Crippen molar-refractivity contribution in [3.8, 4) is 0 Å². The maximum atomic E-state index is 13.2. The Morgan fingerprint density at radius 1 is 1.04 bits per heavy atom. The van der Waals surface area contributed by atoms with Crippen LogP contribution in [0.25, 0.3) is 10.8 Å². The van der Waals surface area contributed by atoms with Gasteiger partial charge in [0.05, 0.1) is 17.1 Å². The highest BCUT2D eigenvalue weighted by Crippen LogP contribution is 2.24. The molecule has 146 valence electrons. The molecule has 1 fully saturated rings. The Morgan fingerprint density at radius 3 is 2.54 bits per heavy atom. The molecule has 2 heterocycles. The van der Waals surface area contributed by atoms with Gasteiger partial charge in [-0.2, -0.15) is 5.10 Å². The molecule has 1 saturated heterocycles. The van der Waals surface area contributed by atoms with Gasteiger partial charge in [-0.1, -0.05) is 48.9 Å². The van der Waals surface area contributed by atoms with E-state index in [4.69, 9.17) is 16.7 Å². The number of nitrogens with zero attached hydrogens (tertiary/aromatic N) is 3. The highest BCUT2D eigenvalue weighted by atomic mass is 35.5. The Hall–Kier alpha value is -2.17. The van der Waals surface area contributed by atoms with E-state index in [1.807, 2.05) is 48.5 Å². The molecule has 0 amide bonds. The van der Waals surface area contributed by atoms with Gasteiger partial charge in [0.2, 0.25) is 0 Å². The fourth-order valence-corrected chi connectivity index (χ4v) is 4.27. The Morgan fingerprint density at radius 2 is 1.79 bits per heavy atom. The summed E-state index contributed by atoms with van der Waals surface area (Å²) in [7, 11) is 0. The normalized spacial score (nSPS) is 18.3. The molecule has 0 spiro atoms. The lowest BCUT2D eigenvalue weighted by molar-refractivity contribution is 0.292. The minimum Gasteiger partial charge on any atom is -0.304 e. The zero-order chi connectivity index (χ0) is 19.5. The Labute approximate surface area is 170 Å². The second-order valence-electron chi connectivity index (χ2n) is 7.56. The van der Waals surface area contributed by atoms with Crippen molar-refractivity contribution in [2.24, 2.45) is 0 Å². The predicted octanol–water partition coefficient (Wildman–Crippen LogP) is 4.69. The van der Waals surface area contributed by atoms with Gasteiger partial charge in [0, 0.05) is 23.4 Å². The van der Waals surface area contributed by atoms with Crippen molar-refractivity contribution in [3.05, 3.63) is 75.2 Å². The van der Waals surface area contributed by atoms with E-state index in [1.165, 1.54) is 0 Å². The first-order valence-electron chi connectivity index (χ1n) is 10.1. The van der Waals surface area contributed by atoms with Crippen LogP contribution in [0.3, 0.4) is 0 Å². The number of likely N-dealkylation sites (tertiary alicyclic amines) is 1. The SMILES string of the molecule is CCN1CCCC(n2nc(Cc3ccc(Cl)cc3)c3ccccc3c2=O)CC1. The van der Waals surface area contributed by atoms with Gasteiger partial charge < -0.3 is 4.90 Å². The van der Waals surface area contributed by atoms with Gasteiger partial charge in [-0.05, 0) is 56.1 Å². The van der Waals surface area contributed by atoms with Gasteiger partial charge in [-0.15, -0.1) is 0 Å². The second kappa shape index (κ2) is 8.46. The summed E-state index contributed by atoms with van der Waals surface area (Å²) >= 11 is 6.03. The van der Waals surface area contributed by atoms with E-state index in [0.29, 0.717) is 6.42 Å². The summed E-state index contributed by atoms with van der Waals surface area (Å²) in [6, 6.07) is 15.9. The van der Waals surface area contributed by atoms with Crippen LogP contribution in [0.4, 0.5) is 0 Å². The molecule has 0 radical (unpaired) electrons. The molecule has 3 aromatic rings. The lowest BCUT2D eigenvalue weighted by Crippen LogP contribution is -2.30. The third-order valence-electron chi connectivity index (χ3n) is 5.77. The zero-order valence-electron chi connectivity index (χ0n) is 16.3. The molecule has 1 aliphatic rings. The van der Waals surface area contributed by atoms with Gasteiger partial charge >= 0.3 is 0 Å². The molecule has 0 N–H and O–H groups in total. The van der Waals surface area contributed by atoms with Crippen LogP contribution in [0.1, 0.15) is 43.5 Å². The summed E-state index contributed by atoms with van der Waals surface area (Å²) in [5.74, 6) is 0. The average Bonchev–Trinajstić information content (AvgIpc) is 2.97. The van der Waals surface area contributed by atoms with Crippen LogP contribution >= 0.6 is 11.6 Å². The maximum Gasteiger partial charge on any atom is 0.274 e. The smallest absolute Gasteiger partial charge is 0.274 e. The summed E-state index contributed by atoms with van der Waals surface area (Å²) in [6.07, 6.45) is 3.76. The molecule has 0 bridgehead atoms. The zero-order valence-corrected chi connectivity index (χ0v) is 17.0. The Bertz CT molecular complexity index is 1010. The lowest BCUT2D eigenvalue weighted by atomic mass is 10.0. The standard InChI is InChI=1S/C23H26ClN3O/c1-2-26-14-5-6-19(13-15-26)27-23(28)21-8-4-3-7-20(21)22(25-27)16-17-9-11-18(24)12-10-17/h3-4,7-12,19H,2,5-6,13-16H2,1H3. The molecule has 1 aromatic heterocycles. The fourth-order valence-electron chi connectivity index (χ4n) is 4.15. The van der Waals surface area contributed by atoms with Crippen LogP contribution < -0.4 is 5.56 Å². The predicted molar refractivity (Wildman–Crippen MR) is 115 cm³/mol. The highest BCUT2D eigenvalue weighted by molar-refractivity contribution is 6.30. The summed E-state index contributed by atoms with van der Waals surface area (Å²) in [5, 5.41) is 7.32. The summed E-state index contributed by atoms with van der Waals surface area (Å²) < 4.78 is 1.77. The monoisotopic (exact) mass is 395 g/mol. The van der Waals surface area contributed by atoms with Crippen LogP contribution in [-0.2, 0) is 6.42 Å². The van der Waals surface area contributed by atoms with E-state index < -0.39 is 0 Å². The first kappa shape index (κ1) is 19.2. The van der Waals surface area contributed by atoms with Crippen LogP contribution in [0.15, 0.2) is 53.3 Å². The number of hydrogen-bond acceptors (Lipinski definition) is 3.